The first-order valence-corrected chi connectivity index (χ1v) is 15.4. The zero-order chi connectivity index (χ0) is 30.4. The van der Waals surface area contributed by atoms with E-state index < -0.39 is 11.7 Å². The molecule has 11 heteroatoms. The van der Waals surface area contributed by atoms with Crippen LogP contribution >= 0.6 is 0 Å². The lowest BCUT2D eigenvalue weighted by molar-refractivity contribution is 0.0996. The highest BCUT2D eigenvalue weighted by molar-refractivity contribution is 5.96. The minimum absolute atomic E-state index is 0.0530. The fraction of sp³-hybridized carbons (Fsp3) is 0.394. The van der Waals surface area contributed by atoms with Gasteiger partial charge < -0.3 is 30.3 Å². The number of aromatic nitrogens is 3. The van der Waals surface area contributed by atoms with Crippen molar-refractivity contribution in [2.45, 2.75) is 37.6 Å². The van der Waals surface area contributed by atoms with E-state index in [2.05, 4.69) is 44.2 Å². The summed E-state index contributed by atoms with van der Waals surface area (Å²) in [5.41, 5.74) is 8.28. The normalized spacial score (nSPS) is 19.4. The van der Waals surface area contributed by atoms with E-state index in [1.807, 2.05) is 24.3 Å². The summed E-state index contributed by atoms with van der Waals surface area (Å²) >= 11 is 0. The van der Waals surface area contributed by atoms with Crippen LogP contribution in [0.2, 0.25) is 0 Å². The summed E-state index contributed by atoms with van der Waals surface area (Å²) in [6.45, 7) is 5.20. The number of pyridine rings is 1. The van der Waals surface area contributed by atoms with Crippen molar-refractivity contribution in [3.05, 3.63) is 82.3 Å². The molecule has 3 aliphatic rings. The van der Waals surface area contributed by atoms with E-state index >= 15 is 4.39 Å². The number of amides is 1. The number of nitrogens with two attached hydrogens (primary N) is 1. The first-order valence-electron chi connectivity index (χ1n) is 15.4. The molecule has 1 amide bonds. The highest BCUT2D eigenvalue weighted by Gasteiger charge is 2.28. The number of primary amides is 1. The van der Waals surface area contributed by atoms with E-state index in [9.17, 15) is 9.59 Å². The van der Waals surface area contributed by atoms with E-state index in [4.69, 9.17) is 10.7 Å². The number of benzene rings is 2. The van der Waals surface area contributed by atoms with E-state index in [1.165, 1.54) is 6.07 Å². The molecule has 7 rings (SSSR count). The molecule has 2 saturated heterocycles. The Kier molecular flexibility index (Phi) is 7.41. The average Bonchev–Trinajstić information content (AvgIpc) is 3.88. The van der Waals surface area contributed by atoms with Gasteiger partial charge in [-0.25, -0.2) is 14.4 Å². The van der Waals surface area contributed by atoms with Gasteiger partial charge in [-0.2, -0.15) is 0 Å². The number of rotatable bonds is 7. The summed E-state index contributed by atoms with van der Waals surface area (Å²) in [4.78, 5) is 41.6. The maximum atomic E-state index is 15.2. The Labute approximate surface area is 255 Å². The molecule has 0 radical (unpaired) electrons. The lowest BCUT2D eigenvalue weighted by atomic mass is 10.0. The summed E-state index contributed by atoms with van der Waals surface area (Å²) < 4.78 is 16.8. The first kappa shape index (κ1) is 28.3. The number of likely N-dealkylation sites (N-methyl/N-ethyl adjacent to an activating group) is 1. The van der Waals surface area contributed by atoms with Gasteiger partial charge in [0.25, 0.3) is 11.5 Å². The fourth-order valence-electron chi connectivity index (χ4n) is 6.45. The molecular formula is C33H37FN8O2. The van der Waals surface area contributed by atoms with Crippen LogP contribution in [0.15, 0.2) is 59.7 Å². The van der Waals surface area contributed by atoms with E-state index in [-0.39, 0.29) is 28.5 Å². The Morgan fingerprint density at radius 3 is 2.50 bits per heavy atom. The minimum Gasteiger partial charge on any atom is -0.369 e. The highest BCUT2D eigenvalue weighted by Crippen LogP contribution is 2.41. The van der Waals surface area contributed by atoms with Crippen LogP contribution in [0.1, 0.15) is 53.7 Å². The van der Waals surface area contributed by atoms with Crippen molar-refractivity contribution < 1.29 is 9.18 Å². The number of nitrogens with one attached hydrogen (secondary N) is 1. The van der Waals surface area contributed by atoms with Gasteiger partial charge in [-0.1, -0.05) is 6.07 Å². The standard InChI is InChI=1S/C33H37FN8O2/c1-39-13-15-40(16-14-39)25-8-6-24(7-9-25)37-32-30(31(35)43)36-19-28(38-32)41-11-2-3-26(20-41)42-12-10-22-17-23(21-4-5-21)18-27(34)29(22)33(42)44/h6-10,12,17-19,21,26H,2-5,11,13-16,20H2,1H3,(H2,35,43)(H,37,38). The van der Waals surface area contributed by atoms with Crippen LogP contribution in [0.3, 0.4) is 0 Å². The van der Waals surface area contributed by atoms with Crippen molar-refractivity contribution in [3.8, 4) is 0 Å². The van der Waals surface area contributed by atoms with Crippen LogP contribution < -0.4 is 26.4 Å². The van der Waals surface area contributed by atoms with Gasteiger partial charge in [0, 0.05) is 56.8 Å². The van der Waals surface area contributed by atoms with Crippen molar-refractivity contribution in [3.63, 3.8) is 0 Å². The summed E-state index contributed by atoms with van der Waals surface area (Å²) in [5.74, 6) is 0.140. The highest BCUT2D eigenvalue weighted by atomic mass is 19.1. The van der Waals surface area contributed by atoms with Crippen molar-refractivity contribution in [1.29, 1.82) is 0 Å². The molecule has 3 N–H and O–H groups in total. The van der Waals surface area contributed by atoms with Gasteiger partial charge in [0.15, 0.2) is 11.5 Å². The lowest BCUT2D eigenvalue weighted by Crippen LogP contribution is -2.44. The van der Waals surface area contributed by atoms with Gasteiger partial charge in [-0.15, -0.1) is 0 Å². The molecule has 0 spiro atoms. The van der Waals surface area contributed by atoms with E-state index in [0.717, 1.165) is 68.8 Å². The third-order valence-corrected chi connectivity index (χ3v) is 9.16. The number of piperidine rings is 1. The SMILES string of the molecule is CN1CCN(c2ccc(Nc3nc(N4CCCC(n5ccc6cc(C7CC7)cc(F)c6c5=O)C4)cnc3C(N)=O)cc2)CC1. The van der Waals surface area contributed by atoms with Gasteiger partial charge in [0.05, 0.1) is 17.6 Å². The topological polar surface area (TPSA) is 113 Å². The molecular weight excluding hydrogens is 559 g/mol. The Balaban J connectivity index is 1.12. The number of fused-ring (bicyclic) bond motifs is 1. The zero-order valence-electron chi connectivity index (χ0n) is 24.9. The molecule has 1 aliphatic carbocycles. The van der Waals surface area contributed by atoms with E-state index in [0.29, 0.717) is 30.2 Å². The Bertz CT molecular complexity index is 1760. The number of halogens is 1. The number of piperazine rings is 1. The van der Waals surface area contributed by atoms with Crippen molar-refractivity contribution in [2.24, 2.45) is 5.73 Å². The van der Waals surface area contributed by atoms with Crippen LogP contribution in [0.25, 0.3) is 10.8 Å². The first-order chi connectivity index (χ1) is 21.3. The molecule has 4 aromatic rings. The third kappa shape index (κ3) is 5.59. The molecule has 10 nitrogen and oxygen atoms in total. The van der Waals surface area contributed by atoms with Crippen LogP contribution in [-0.4, -0.2) is 71.7 Å². The third-order valence-electron chi connectivity index (χ3n) is 9.16. The van der Waals surface area contributed by atoms with Crippen molar-refractivity contribution in [2.75, 3.05) is 61.4 Å². The Morgan fingerprint density at radius 1 is 1.00 bits per heavy atom. The predicted molar refractivity (Wildman–Crippen MR) is 171 cm³/mol. The molecule has 44 heavy (non-hydrogen) atoms. The molecule has 1 atom stereocenters. The number of hydrogen-bond acceptors (Lipinski definition) is 8. The molecule has 1 unspecified atom stereocenters. The lowest BCUT2D eigenvalue weighted by Gasteiger charge is -2.34. The molecule has 3 fully saturated rings. The Hall–Kier alpha value is -4.51. The van der Waals surface area contributed by atoms with Crippen molar-refractivity contribution in [1.82, 2.24) is 19.4 Å². The summed E-state index contributed by atoms with van der Waals surface area (Å²) in [6, 6.07) is 13.2. The Morgan fingerprint density at radius 2 is 1.77 bits per heavy atom. The maximum absolute atomic E-state index is 15.2. The summed E-state index contributed by atoms with van der Waals surface area (Å²) in [6.07, 6.45) is 7.07. The van der Waals surface area contributed by atoms with E-state index in [1.54, 1.807) is 17.0 Å². The maximum Gasteiger partial charge on any atom is 0.271 e. The van der Waals surface area contributed by atoms with Gasteiger partial charge in [0.1, 0.15) is 11.6 Å². The molecule has 4 heterocycles. The quantitative estimate of drug-likeness (QED) is 0.326. The fourth-order valence-corrected chi connectivity index (χ4v) is 6.45. The predicted octanol–water partition coefficient (Wildman–Crippen LogP) is 4.24. The number of hydrogen-bond donors (Lipinski definition) is 2. The average molecular weight is 597 g/mol. The van der Waals surface area contributed by atoms with Crippen LogP contribution in [0.4, 0.5) is 27.4 Å². The minimum atomic E-state index is -0.674. The number of anilines is 4. The van der Waals surface area contributed by atoms with Gasteiger partial charge in [0.2, 0.25) is 0 Å². The van der Waals surface area contributed by atoms with Crippen molar-refractivity contribution >= 4 is 39.7 Å². The molecule has 2 aromatic heterocycles. The number of nitrogens with zero attached hydrogens (tertiary/aromatic N) is 6. The molecule has 1 saturated carbocycles. The van der Waals surface area contributed by atoms with Gasteiger partial charge in [-0.05, 0) is 86.0 Å². The van der Waals surface area contributed by atoms with Gasteiger partial charge in [-0.3, -0.25) is 9.59 Å². The summed E-state index contributed by atoms with van der Waals surface area (Å²) in [7, 11) is 2.13. The molecule has 2 aliphatic heterocycles. The summed E-state index contributed by atoms with van der Waals surface area (Å²) in [5, 5.41) is 4.04. The zero-order valence-corrected chi connectivity index (χ0v) is 24.9. The smallest absolute Gasteiger partial charge is 0.271 e. The largest absolute Gasteiger partial charge is 0.369 e. The number of carbonyl (C=O) groups is 1. The van der Waals surface area contributed by atoms with Gasteiger partial charge >= 0.3 is 0 Å². The second-order valence-electron chi connectivity index (χ2n) is 12.3. The molecule has 2 aromatic carbocycles. The second kappa shape index (κ2) is 11.5. The number of carbonyl (C=O) groups excluding carboxylic acids is 1. The molecule has 0 bridgehead atoms. The second-order valence-corrected chi connectivity index (χ2v) is 12.3. The monoisotopic (exact) mass is 596 g/mol. The van der Waals surface area contributed by atoms with Crippen LogP contribution in [0, 0.1) is 5.82 Å². The van der Waals surface area contributed by atoms with Crippen LogP contribution in [-0.2, 0) is 0 Å². The van der Waals surface area contributed by atoms with Crippen LogP contribution in [0.5, 0.6) is 0 Å². The molecule has 228 valence electrons.